The summed E-state index contributed by atoms with van der Waals surface area (Å²) in [6, 6.07) is 19.8. The van der Waals surface area contributed by atoms with E-state index in [-0.39, 0.29) is 0 Å². The van der Waals surface area contributed by atoms with Crippen molar-refractivity contribution >= 4 is 27.5 Å². The van der Waals surface area contributed by atoms with Crippen LogP contribution < -0.4 is 4.74 Å². The average molecular weight is 375 g/mol. The third kappa shape index (κ3) is 3.49. The van der Waals surface area contributed by atoms with E-state index >= 15 is 0 Å². The molecule has 0 aliphatic rings. The first-order valence-electron chi connectivity index (χ1n) is 6.81. The van der Waals surface area contributed by atoms with Crippen LogP contribution in [0, 0.1) is 0 Å². The van der Waals surface area contributed by atoms with Crippen molar-refractivity contribution < 1.29 is 4.74 Å². The predicted octanol–water partition coefficient (Wildman–Crippen LogP) is 5.74. The number of rotatable bonds is 4. The highest BCUT2D eigenvalue weighted by molar-refractivity contribution is 9.10. The fraction of sp³-hybridized carbons (Fsp3) is 0.0556. The molecule has 22 heavy (non-hydrogen) atoms. The fourth-order valence-corrected chi connectivity index (χ4v) is 2.80. The van der Waals surface area contributed by atoms with Gasteiger partial charge in [0.15, 0.2) is 0 Å². The molecule has 0 bridgehead atoms. The van der Waals surface area contributed by atoms with Gasteiger partial charge in [-0.05, 0) is 17.7 Å². The van der Waals surface area contributed by atoms with Crippen LogP contribution in [0.25, 0.3) is 11.1 Å². The number of hydrogen-bond acceptors (Lipinski definition) is 2. The van der Waals surface area contributed by atoms with Crippen LogP contribution in [0.3, 0.4) is 0 Å². The number of halogens is 2. The van der Waals surface area contributed by atoms with Crippen LogP contribution in [0.2, 0.25) is 5.02 Å². The molecule has 0 spiro atoms. The molecule has 1 heterocycles. The molecule has 0 fully saturated rings. The van der Waals surface area contributed by atoms with Gasteiger partial charge in [-0.15, -0.1) is 0 Å². The van der Waals surface area contributed by atoms with Crippen LogP contribution in [-0.4, -0.2) is 4.98 Å². The molecule has 0 saturated heterocycles. The Hall–Kier alpha value is -1.84. The first-order chi connectivity index (χ1) is 10.7. The Morgan fingerprint density at radius 2 is 1.68 bits per heavy atom. The second kappa shape index (κ2) is 6.95. The van der Waals surface area contributed by atoms with Crippen LogP contribution in [0.4, 0.5) is 0 Å². The van der Waals surface area contributed by atoms with Gasteiger partial charge in [0.2, 0.25) is 5.88 Å². The molecule has 3 aromatic rings. The standard InChI is InChI=1S/C18H13BrClNO/c19-17-9-5-4-8-15(17)16-10-14(20)11-21-18(16)22-12-13-6-2-1-3-7-13/h1-11H,12H2. The summed E-state index contributed by atoms with van der Waals surface area (Å²) in [6.07, 6.45) is 1.60. The van der Waals surface area contributed by atoms with Crippen molar-refractivity contribution in [1.29, 1.82) is 0 Å². The largest absolute Gasteiger partial charge is 0.472 e. The fourth-order valence-electron chi connectivity index (χ4n) is 2.14. The van der Waals surface area contributed by atoms with Crippen LogP contribution in [0.5, 0.6) is 5.88 Å². The molecule has 4 heteroatoms. The van der Waals surface area contributed by atoms with E-state index in [1.165, 1.54) is 0 Å². The van der Waals surface area contributed by atoms with E-state index in [1.54, 1.807) is 6.20 Å². The van der Waals surface area contributed by atoms with Crippen molar-refractivity contribution in [3.05, 3.63) is 81.9 Å². The second-order valence-electron chi connectivity index (χ2n) is 4.76. The summed E-state index contributed by atoms with van der Waals surface area (Å²) < 4.78 is 6.87. The van der Waals surface area contributed by atoms with Crippen LogP contribution in [0.15, 0.2) is 71.3 Å². The minimum absolute atomic E-state index is 0.465. The highest BCUT2D eigenvalue weighted by Gasteiger charge is 2.12. The Bertz CT molecular complexity index is 777. The molecule has 2 aromatic carbocycles. The average Bonchev–Trinajstić information content (AvgIpc) is 2.55. The molecule has 0 radical (unpaired) electrons. The third-order valence-electron chi connectivity index (χ3n) is 3.20. The quantitative estimate of drug-likeness (QED) is 0.580. The van der Waals surface area contributed by atoms with E-state index in [2.05, 4.69) is 20.9 Å². The first kappa shape index (κ1) is 15.1. The molecule has 0 N–H and O–H groups in total. The van der Waals surface area contributed by atoms with Gasteiger partial charge in [-0.3, -0.25) is 0 Å². The highest BCUT2D eigenvalue weighted by Crippen LogP contribution is 2.35. The normalized spacial score (nSPS) is 10.5. The van der Waals surface area contributed by atoms with Crippen molar-refractivity contribution in [3.8, 4) is 17.0 Å². The van der Waals surface area contributed by atoms with Crippen molar-refractivity contribution in [3.63, 3.8) is 0 Å². The van der Waals surface area contributed by atoms with Gasteiger partial charge in [-0.25, -0.2) is 4.98 Å². The summed E-state index contributed by atoms with van der Waals surface area (Å²) in [5.41, 5.74) is 2.97. The first-order valence-corrected chi connectivity index (χ1v) is 7.98. The number of ether oxygens (including phenoxy) is 1. The molecule has 110 valence electrons. The lowest BCUT2D eigenvalue weighted by Crippen LogP contribution is -1.99. The van der Waals surface area contributed by atoms with E-state index in [9.17, 15) is 0 Å². The van der Waals surface area contributed by atoms with Gasteiger partial charge < -0.3 is 4.74 Å². The lowest BCUT2D eigenvalue weighted by Gasteiger charge is -2.12. The van der Waals surface area contributed by atoms with Gasteiger partial charge in [0.05, 0.1) is 5.02 Å². The van der Waals surface area contributed by atoms with E-state index in [0.29, 0.717) is 17.5 Å². The molecule has 3 rings (SSSR count). The van der Waals surface area contributed by atoms with E-state index < -0.39 is 0 Å². The van der Waals surface area contributed by atoms with Gasteiger partial charge in [0.1, 0.15) is 6.61 Å². The van der Waals surface area contributed by atoms with Gasteiger partial charge >= 0.3 is 0 Å². The van der Waals surface area contributed by atoms with Gasteiger partial charge in [-0.2, -0.15) is 0 Å². The minimum atomic E-state index is 0.465. The molecule has 1 aromatic heterocycles. The molecule has 0 aliphatic carbocycles. The van der Waals surface area contributed by atoms with Crippen molar-refractivity contribution in [2.24, 2.45) is 0 Å². The maximum absolute atomic E-state index is 6.10. The maximum Gasteiger partial charge on any atom is 0.221 e. The summed E-state index contributed by atoms with van der Waals surface area (Å²) in [4.78, 5) is 4.34. The molecule has 2 nitrogen and oxygen atoms in total. The van der Waals surface area contributed by atoms with Crippen LogP contribution in [-0.2, 0) is 6.61 Å². The van der Waals surface area contributed by atoms with E-state index in [0.717, 1.165) is 21.2 Å². The van der Waals surface area contributed by atoms with E-state index in [1.807, 2.05) is 60.7 Å². The number of hydrogen-bond donors (Lipinski definition) is 0. The lowest BCUT2D eigenvalue weighted by atomic mass is 10.1. The molecule has 0 amide bonds. The number of aromatic nitrogens is 1. The topological polar surface area (TPSA) is 22.1 Å². The summed E-state index contributed by atoms with van der Waals surface area (Å²) in [5.74, 6) is 0.570. The zero-order chi connectivity index (χ0) is 15.4. The van der Waals surface area contributed by atoms with Gasteiger partial charge in [0, 0.05) is 21.8 Å². The monoisotopic (exact) mass is 373 g/mol. The number of nitrogens with zero attached hydrogens (tertiary/aromatic N) is 1. The highest BCUT2D eigenvalue weighted by atomic mass is 79.9. The summed E-state index contributed by atoms with van der Waals surface area (Å²) in [6.45, 7) is 0.465. The van der Waals surface area contributed by atoms with Crippen molar-refractivity contribution in [2.45, 2.75) is 6.61 Å². The zero-order valence-electron chi connectivity index (χ0n) is 11.7. The van der Waals surface area contributed by atoms with Crippen molar-refractivity contribution in [2.75, 3.05) is 0 Å². The van der Waals surface area contributed by atoms with Gasteiger partial charge in [0.25, 0.3) is 0 Å². The molecular weight excluding hydrogens is 362 g/mol. The van der Waals surface area contributed by atoms with Crippen LogP contribution in [0.1, 0.15) is 5.56 Å². The SMILES string of the molecule is Clc1cnc(OCc2ccccc2)c(-c2ccccc2Br)c1. The third-order valence-corrected chi connectivity index (χ3v) is 4.10. The minimum Gasteiger partial charge on any atom is -0.472 e. The van der Waals surface area contributed by atoms with E-state index in [4.69, 9.17) is 16.3 Å². The Kier molecular flexibility index (Phi) is 4.76. The van der Waals surface area contributed by atoms with Crippen LogP contribution >= 0.6 is 27.5 Å². The molecular formula is C18H13BrClNO. The Labute approximate surface area is 142 Å². The molecule has 0 unspecified atom stereocenters. The van der Waals surface area contributed by atoms with Gasteiger partial charge in [-0.1, -0.05) is 76.1 Å². The Balaban J connectivity index is 1.93. The number of benzene rings is 2. The smallest absolute Gasteiger partial charge is 0.221 e. The summed E-state index contributed by atoms with van der Waals surface area (Å²) >= 11 is 9.66. The lowest BCUT2D eigenvalue weighted by molar-refractivity contribution is 0.295. The summed E-state index contributed by atoms with van der Waals surface area (Å²) in [7, 11) is 0. The zero-order valence-corrected chi connectivity index (χ0v) is 14.0. The second-order valence-corrected chi connectivity index (χ2v) is 6.05. The Morgan fingerprint density at radius 3 is 2.45 bits per heavy atom. The van der Waals surface area contributed by atoms with Crippen molar-refractivity contribution in [1.82, 2.24) is 4.98 Å². The molecule has 0 saturated carbocycles. The maximum atomic E-state index is 6.10. The molecule has 0 aliphatic heterocycles. The predicted molar refractivity (Wildman–Crippen MR) is 93.2 cm³/mol. The molecule has 0 atom stereocenters. The summed E-state index contributed by atoms with van der Waals surface area (Å²) in [5, 5.41) is 0.581. The Morgan fingerprint density at radius 1 is 0.955 bits per heavy atom. The number of pyridine rings is 1.